The van der Waals surface area contributed by atoms with Crippen LogP contribution >= 0.6 is 11.6 Å². The molecule has 1 rings (SSSR count). The van der Waals surface area contributed by atoms with E-state index in [2.05, 4.69) is 19.1 Å². The molecule has 1 aromatic rings. The molecule has 1 nitrogen and oxygen atoms in total. The topological polar surface area (TPSA) is 9.23 Å². The van der Waals surface area contributed by atoms with Crippen LogP contribution in [0.3, 0.4) is 0 Å². The molecule has 0 saturated heterocycles. The Morgan fingerprint density at radius 3 is 2.53 bits per heavy atom. The van der Waals surface area contributed by atoms with Gasteiger partial charge in [-0.25, -0.2) is 0 Å². The van der Waals surface area contributed by atoms with Crippen LogP contribution in [0.15, 0.2) is 24.3 Å². The van der Waals surface area contributed by atoms with Crippen molar-refractivity contribution < 1.29 is 4.74 Å². The zero-order valence-corrected chi connectivity index (χ0v) is 13.1. The molecule has 1 atom stereocenters. The van der Waals surface area contributed by atoms with Crippen LogP contribution in [0, 0.1) is 5.92 Å². The Bertz CT molecular complexity index is 338. The van der Waals surface area contributed by atoms with Gasteiger partial charge in [-0.15, -0.1) is 11.6 Å². The van der Waals surface area contributed by atoms with Crippen LogP contribution in [0.25, 0.3) is 0 Å². The van der Waals surface area contributed by atoms with Crippen LogP contribution in [0.2, 0.25) is 0 Å². The van der Waals surface area contributed by atoms with Crippen molar-refractivity contribution in [2.75, 3.05) is 13.0 Å². The van der Waals surface area contributed by atoms with Gasteiger partial charge in [0.05, 0.1) is 7.11 Å². The van der Waals surface area contributed by atoms with Crippen LogP contribution in [0.1, 0.15) is 51.0 Å². The first-order chi connectivity index (χ1) is 9.31. The minimum Gasteiger partial charge on any atom is -0.496 e. The second-order valence-corrected chi connectivity index (χ2v) is 5.55. The number of benzene rings is 1. The van der Waals surface area contributed by atoms with Crippen LogP contribution in [-0.2, 0) is 6.42 Å². The molecule has 0 bridgehead atoms. The van der Waals surface area contributed by atoms with Crippen molar-refractivity contribution in [3.63, 3.8) is 0 Å². The summed E-state index contributed by atoms with van der Waals surface area (Å²) in [6.45, 7) is 2.25. The average molecular weight is 283 g/mol. The number of methoxy groups -OCH3 is 1. The fraction of sp³-hybridized carbons (Fsp3) is 0.647. The molecule has 0 aromatic heterocycles. The smallest absolute Gasteiger partial charge is 0.122 e. The summed E-state index contributed by atoms with van der Waals surface area (Å²) in [4.78, 5) is 0. The van der Waals surface area contributed by atoms with E-state index in [1.54, 1.807) is 7.11 Å². The number of rotatable bonds is 10. The predicted molar refractivity (Wildman–Crippen MR) is 84.3 cm³/mol. The van der Waals surface area contributed by atoms with E-state index in [0.717, 1.165) is 18.1 Å². The Morgan fingerprint density at radius 1 is 1.11 bits per heavy atom. The van der Waals surface area contributed by atoms with Gasteiger partial charge in [-0.1, -0.05) is 57.2 Å². The molecule has 108 valence electrons. The lowest BCUT2D eigenvalue weighted by atomic mass is 9.94. The normalized spacial score (nSPS) is 12.4. The SMILES string of the molecule is CCCCCCCC(CCl)Cc1ccccc1OC. The molecule has 0 N–H and O–H groups in total. The summed E-state index contributed by atoms with van der Waals surface area (Å²) in [6.07, 6.45) is 8.92. The maximum atomic E-state index is 6.11. The van der Waals surface area contributed by atoms with E-state index < -0.39 is 0 Å². The molecule has 1 unspecified atom stereocenters. The van der Waals surface area contributed by atoms with E-state index in [1.807, 2.05) is 12.1 Å². The summed E-state index contributed by atoms with van der Waals surface area (Å²) in [6, 6.07) is 8.27. The maximum absolute atomic E-state index is 6.11. The summed E-state index contributed by atoms with van der Waals surface area (Å²) in [5.41, 5.74) is 1.28. The zero-order chi connectivity index (χ0) is 13.9. The number of halogens is 1. The van der Waals surface area contributed by atoms with Gasteiger partial charge in [0, 0.05) is 5.88 Å². The molecule has 0 saturated carbocycles. The standard InChI is InChI=1S/C17H27ClO/c1-3-4-5-6-7-10-15(14-18)13-16-11-8-9-12-17(16)19-2/h8-9,11-12,15H,3-7,10,13-14H2,1-2H3. The molecule has 0 aliphatic rings. The second kappa shape index (κ2) is 10.1. The van der Waals surface area contributed by atoms with Crippen LogP contribution in [0.5, 0.6) is 5.75 Å². The number of alkyl halides is 1. The number of hydrogen-bond donors (Lipinski definition) is 0. The van der Waals surface area contributed by atoms with Crippen LogP contribution < -0.4 is 4.74 Å². The minimum atomic E-state index is 0.569. The maximum Gasteiger partial charge on any atom is 0.122 e. The van der Waals surface area contributed by atoms with Gasteiger partial charge >= 0.3 is 0 Å². The summed E-state index contributed by atoms with van der Waals surface area (Å²) < 4.78 is 5.41. The van der Waals surface area contributed by atoms with E-state index in [4.69, 9.17) is 16.3 Å². The van der Waals surface area contributed by atoms with E-state index >= 15 is 0 Å². The zero-order valence-electron chi connectivity index (χ0n) is 12.3. The first-order valence-corrected chi connectivity index (χ1v) is 8.03. The molecule has 0 radical (unpaired) electrons. The summed E-state index contributed by atoms with van der Waals surface area (Å²) >= 11 is 6.11. The van der Waals surface area contributed by atoms with Crippen molar-refractivity contribution in [3.8, 4) is 5.75 Å². The molecular weight excluding hydrogens is 256 g/mol. The van der Waals surface area contributed by atoms with Gasteiger partial charge < -0.3 is 4.74 Å². The summed E-state index contributed by atoms with van der Waals surface area (Å²) in [5.74, 6) is 2.30. The highest BCUT2D eigenvalue weighted by Crippen LogP contribution is 2.24. The summed E-state index contributed by atoms with van der Waals surface area (Å²) in [5, 5.41) is 0. The lowest BCUT2D eigenvalue weighted by molar-refractivity contribution is 0.402. The molecule has 0 fully saturated rings. The number of ether oxygens (including phenoxy) is 1. The monoisotopic (exact) mass is 282 g/mol. The highest BCUT2D eigenvalue weighted by atomic mass is 35.5. The Balaban J connectivity index is 2.38. The predicted octanol–water partition coefficient (Wildman–Crippen LogP) is 5.45. The number of hydrogen-bond acceptors (Lipinski definition) is 1. The van der Waals surface area contributed by atoms with Crippen LogP contribution in [0.4, 0.5) is 0 Å². The first-order valence-electron chi connectivity index (χ1n) is 7.49. The lowest BCUT2D eigenvalue weighted by Gasteiger charge is -2.16. The molecule has 0 amide bonds. The third kappa shape index (κ3) is 6.33. The fourth-order valence-corrected chi connectivity index (χ4v) is 2.72. The van der Waals surface area contributed by atoms with E-state index in [-0.39, 0.29) is 0 Å². The van der Waals surface area contributed by atoms with Crippen molar-refractivity contribution in [2.24, 2.45) is 5.92 Å². The Labute approximate surface area is 123 Å². The highest BCUT2D eigenvalue weighted by Gasteiger charge is 2.11. The van der Waals surface area contributed by atoms with Crippen molar-refractivity contribution in [2.45, 2.75) is 51.9 Å². The minimum absolute atomic E-state index is 0.569. The molecule has 2 heteroatoms. The molecule has 0 aliphatic carbocycles. The highest BCUT2D eigenvalue weighted by molar-refractivity contribution is 6.18. The van der Waals surface area contributed by atoms with Gasteiger partial charge in [-0.05, 0) is 30.4 Å². The van der Waals surface area contributed by atoms with Gasteiger partial charge in [-0.2, -0.15) is 0 Å². The number of para-hydroxylation sites is 1. The van der Waals surface area contributed by atoms with Crippen molar-refractivity contribution in [3.05, 3.63) is 29.8 Å². The Hall–Kier alpha value is -0.690. The fourth-order valence-electron chi connectivity index (χ4n) is 2.45. The third-order valence-electron chi connectivity index (χ3n) is 3.64. The molecule has 0 aliphatic heterocycles. The second-order valence-electron chi connectivity index (χ2n) is 5.24. The number of unbranched alkanes of at least 4 members (excludes halogenated alkanes) is 4. The van der Waals surface area contributed by atoms with Crippen LogP contribution in [-0.4, -0.2) is 13.0 Å². The Morgan fingerprint density at radius 2 is 1.84 bits per heavy atom. The van der Waals surface area contributed by atoms with E-state index in [0.29, 0.717) is 5.92 Å². The summed E-state index contributed by atoms with van der Waals surface area (Å²) in [7, 11) is 1.74. The average Bonchev–Trinajstić information content (AvgIpc) is 2.46. The first kappa shape index (κ1) is 16.4. The molecule has 0 spiro atoms. The van der Waals surface area contributed by atoms with Crippen molar-refractivity contribution in [1.82, 2.24) is 0 Å². The van der Waals surface area contributed by atoms with Gasteiger partial charge in [0.2, 0.25) is 0 Å². The van der Waals surface area contributed by atoms with Gasteiger partial charge in [0.25, 0.3) is 0 Å². The largest absolute Gasteiger partial charge is 0.496 e. The van der Waals surface area contributed by atoms with Gasteiger partial charge in [0.1, 0.15) is 5.75 Å². The Kier molecular flexibility index (Phi) is 8.73. The van der Waals surface area contributed by atoms with Gasteiger partial charge in [-0.3, -0.25) is 0 Å². The van der Waals surface area contributed by atoms with E-state index in [1.165, 1.54) is 44.1 Å². The van der Waals surface area contributed by atoms with Crippen molar-refractivity contribution in [1.29, 1.82) is 0 Å². The van der Waals surface area contributed by atoms with Crippen molar-refractivity contribution >= 4 is 11.6 Å². The molecule has 19 heavy (non-hydrogen) atoms. The molecular formula is C17H27ClO. The third-order valence-corrected chi connectivity index (χ3v) is 4.07. The quantitative estimate of drug-likeness (QED) is 0.409. The van der Waals surface area contributed by atoms with E-state index in [9.17, 15) is 0 Å². The lowest BCUT2D eigenvalue weighted by Crippen LogP contribution is -2.07. The molecule has 0 heterocycles. The van der Waals surface area contributed by atoms with Gasteiger partial charge in [0.15, 0.2) is 0 Å². The molecule has 1 aromatic carbocycles.